The lowest BCUT2D eigenvalue weighted by atomic mass is 9.92. The molecule has 1 aromatic rings. The molecule has 0 saturated carbocycles. The number of likely N-dealkylation sites (N-methyl/N-ethyl adjacent to an activating group) is 1. The number of nitrogens with zero attached hydrogens (tertiary/aromatic N) is 2. The highest BCUT2D eigenvalue weighted by atomic mass is 28.3. The largest absolute Gasteiger partial charge is 0.319 e. The Balaban J connectivity index is 2.00. The van der Waals surface area contributed by atoms with Crippen LogP contribution >= 0.6 is 0 Å². The van der Waals surface area contributed by atoms with Gasteiger partial charge in [-0.25, -0.2) is 0 Å². The summed E-state index contributed by atoms with van der Waals surface area (Å²) in [6, 6.07) is 11.6. The fourth-order valence-electron chi connectivity index (χ4n) is 4.86. The van der Waals surface area contributed by atoms with Gasteiger partial charge in [0, 0.05) is 24.2 Å². The van der Waals surface area contributed by atoms with E-state index in [-0.39, 0.29) is 11.3 Å². The van der Waals surface area contributed by atoms with Crippen molar-refractivity contribution in [3.05, 3.63) is 42.1 Å². The molecular formula is C23H36N2OSi. The average Bonchev–Trinajstić information content (AvgIpc) is 3.06. The Bertz CT molecular complexity index is 705. The number of carbonyl (C=O) groups is 1. The molecule has 0 spiro atoms. The van der Waals surface area contributed by atoms with Gasteiger partial charge < -0.3 is 4.90 Å². The number of benzene rings is 1. The minimum absolute atomic E-state index is 0.248. The summed E-state index contributed by atoms with van der Waals surface area (Å²) < 4.78 is 0. The summed E-state index contributed by atoms with van der Waals surface area (Å²) in [5, 5.41) is 1.53. The highest BCUT2D eigenvalue weighted by molar-refractivity contribution is 6.91. The van der Waals surface area contributed by atoms with E-state index in [4.69, 9.17) is 0 Å². The van der Waals surface area contributed by atoms with Crippen molar-refractivity contribution in [2.75, 3.05) is 20.1 Å². The van der Waals surface area contributed by atoms with Crippen LogP contribution in [0.5, 0.6) is 0 Å². The molecule has 1 amide bonds. The van der Waals surface area contributed by atoms with Crippen molar-refractivity contribution in [1.82, 2.24) is 9.80 Å². The second-order valence-corrected chi connectivity index (χ2v) is 14.7. The van der Waals surface area contributed by atoms with E-state index >= 15 is 0 Å². The van der Waals surface area contributed by atoms with E-state index in [1.165, 1.54) is 23.6 Å². The van der Waals surface area contributed by atoms with Gasteiger partial charge in [-0.2, -0.15) is 0 Å². The average molecular weight is 385 g/mol. The maximum Gasteiger partial charge on any atom is 0.231 e. The first kappa shape index (κ1) is 20.3. The summed E-state index contributed by atoms with van der Waals surface area (Å²) >= 11 is 0. The minimum Gasteiger partial charge on any atom is -0.319 e. The van der Waals surface area contributed by atoms with Gasteiger partial charge >= 0.3 is 0 Å². The zero-order valence-electron chi connectivity index (χ0n) is 18.0. The Morgan fingerprint density at radius 3 is 2.30 bits per heavy atom. The molecule has 2 heterocycles. The van der Waals surface area contributed by atoms with Crippen LogP contribution in [0.1, 0.15) is 40.0 Å². The zero-order valence-corrected chi connectivity index (χ0v) is 19.0. The van der Waals surface area contributed by atoms with Crippen molar-refractivity contribution < 1.29 is 4.79 Å². The zero-order chi connectivity index (χ0) is 19.8. The quantitative estimate of drug-likeness (QED) is 0.728. The van der Waals surface area contributed by atoms with Crippen molar-refractivity contribution in [3.63, 3.8) is 0 Å². The van der Waals surface area contributed by atoms with Gasteiger partial charge in [-0.05, 0) is 44.0 Å². The van der Waals surface area contributed by atoms with E-state index in [9.17, 15) is 4.79 Å². The molecule has 0 radical (unpaired) electrons. The van der Waals surface area contributed by atoms with Gasteiger partial charge in [0.25, 0.3) is 0 Å². The third-order valence-electron chi connectivity index (χ3n) is 6.56. The number of likely N-dealkylation sites (tertiary alicyclic amines) is 1. The van der Waals surface area contributed by atoms with E-state index in [0.29, 0.717) is 11.6 Å². The lowest BCUT2D eigenvalue weighted by Crippen LogP contribution is -2.52. The molecular weight excluding hydrogens is 348 g/mol. The normalized spacial score (nSPS) is 24.8. The Hall–Kier alpha value is -1.39. The van der Waals surface area contributed by atoms with Crippen LogP contribution in [-0.4, -0.2) is 50.0 Å². The van der Waals surface area contributed by atoms with Crippen LogP contribution < -0.4 is 5.19 Å². The molecule has 1 saturated heterocycles. The Morgan fingerprint density at radius 1 is 1.07 bits per heavy atom. The van der Waals surface area contributed by atoms with Crippen LogP contribution in [-0.2, 0) is 4.79 Å². The minimum atomic E-state index is -1.68. The Labute approximate surface area is 166 Å². The SMILES string of the molecule is CN1CCC[C@H]1C1=CN(C(=O)C(C)(C)C)CC[C@@H]1[Si](C)(C)c1ccccc1. The third kappa shape index (κ3) is 4.07. The molecule has 3 nitrogen and oxygen atoms in total. The van der Waals surface area contributed by atoms with Gasteiger partial charge in [0.15, 0.2) is 0 Å². The molecule has 1 fully saturated rings. The number of hydrogen-bond acceptors (Lipinski definition) is 2. The monoisotopic (exact) mass is 384 g/mol. The van der Waals surface area contributed by atoms with Crippen LogP contribution in [0, 0.1) is 5.41 Å². The molecule has 1 aromatic carbocycles. The number of carbonyl (C=O) groups excluding carboxylic acids is 1. The summed E-state index contributed by atoms with van der Waals surface area (Å²) in [4.78, 5) is 17.5. The summed E-state index contributed by atoms with van der Waals surface area (Å²) in [6.07, 6.45) is 5.82. The van der Waals surface area contributed by atoms with E-state index in [1.807, 2.05) is 25.7 Å². The lowest BCUT2D eigenvalue weighted by molar-refractivity contribution is -0.137. The van der Waals surface area contributed by atoms with Crippen LogP contribution in [0.25, 0.3) is 0 Å². The second kappa shape index (κ2) is 7.55. The standard InChI is InChI=1S/C23H36N2OSi/c1-23(2,3)22(26)25-16-14-21(19(17-25)20-13-10-15-24(20)4)27(5,6)18-11-8-7-9-12-18/h7-9,11-12,17,20-21H,10,13-16H2,1-6H3/t20-,21-/m0/s1. The summed E-state index contributed by atoms with van der Waals surface area (Å²) in [5.74, 6) is 0.248. The molecule has 2 aliphatic heterocycles. The van der Waals surface area contributed by atoms with Crippen molar-refractivity contribution in [3.8, 4) is 0 Å². The molecule has 4 heteroatoms. The molecule has 0 bridgehead atoms. The summed E-state index contributed by atoms with van der Waals surface area (Å²) in [6.45, 7) is 13.1. The number of amides is 1. The number of hydrogen-bond donors (Lipinski definition) is 0. The van der Waals surface area contributed by atoms with Crippen molar-refractivity contribution in [2.45, 2.75) is 64.7 Å². The number of rotatable bonds is 3. The second-order valence-electron chi connectivity index (χ2n) is 9.95. The van der Waals surface area contributed by atoms with E-state index in [1.54, 1.807) is 0 Å². The molecule has 2 aliphatic rings. The first-order valence-corrected chi connectivity index (χ1v) is 13.5. The summed E-state index contributed by atoms with van der Waals surface area (Å²) in [5.41, 5.74) is 1.77. The Kier molecular flexibility index (Phi) is 5.69. The van der Waals surface area contributed by atoms with Gasteiger partial charge in [0.1, 0.15) is 0 Å². The first-order chi connectivity index (χ1) is 12.6. The van der Waals surface area contributed by atoms with Crippen LogP contribution in [0.4, 0.5) is 0 Å². The van der Waals surface area contributed by atoms with E-state index in [2.05, 4.69) is 61.6 Å². The maximum absolute atomic E-state index is 13.0. The van der Waals surface area contributed by atoms with Gasteiger partial charge in [-0.1, -0.05) is 69.4 Å². The molecule has 27 heavy (non-hydrogen) atoms. The molecule has 0 unspecified atom stereocenters. The highest BCUT2D eigenvalue weighted by Crippen LogP contribution is 2.42. The smallest absolute Gasteiger partial charge is 0.231 e. The van der Waals surface area contributed by atoms with Crippen molar-refractivity contribution in [1.29, 1.82) is 0 Å². The molecule has 3 rings (SSSR count). The molecule has 0 aliphatic carbocycles. The lowest BCUT2D eigenvalue weighted by Gasteiger charge is -2.44. The van der Waals surface area contributed by atoms with Crippen LogP contribution in [0.3, 0.4) is 0 Å². The van der Waals surface area contributed by atoms with E-state index < -0.39 is 8.07 Å². The third-order valence-corrected chi connectivity index (χ3v) is 10.7. The van der Waals surface area contributed by atoms with Crippen molar-refractivity contribution >= 4 is 19.2 Å². The van der Waals surface area contributed by atoms with Crippen LogP contribution in [0.2, 0.25) is 18.6 Å². The molecule has 2 atom stereocenters. The van der Waals surface area contributed by atoms with Gasteiger partial charge in [-0.3, -0.25) is 9.69 Å². The fraction of sp³-hybridized carbons (Fsp3) is 0.609. The van der Waals surface area contributed by atoms with Gasteiger partial charge in [0.05, 0.1) is 8.07 Å². The van der Waals surface area contributed by atoms with Gasteiger partial charge in [0.2, 0.25) is 5.91 Å². The Morgan fingerprint density at radius 2 is 1.74 bits per heavy atom. The topological polar surface area (TPSA) is 23.6 Å². The van der Waals surface area contributed by atoms with E-state index in [0.717, 1.165) is 19.5 Å². The van der Waals surface area contributed by atoms with Gasteiger partial charge in [-0.15, -0.1) is 0 Å². The van der Waals surface area contributed by atoms with Crippen LogP contribution in [0.15, 0.2) is 42.1 Å². The maximum atomic E-state index is 13.0. The molecule has 0 N–H and O–H groups in total. The predicted molar refractivity (Wildman–Crippen MR) is 117 cm³/mol. The van der Waals surface area contributed by atoms with Crippen molar-refractivity contribution in [2.24, 2.45) is 5.41 Å². The summed E-state index contributed by atoms with van der Waals surface area (Å²) in [7, 11) is 0.565. The molecule has 0 aromatic heterocycles. The fourth-order valence-corrected chi connectivity index (χ4v) is 8.26. The molecule has 148 valence electrons. The first-order valence-electron chi connectivity index (χ1n) is 10.4. The predicted octanol–water partition coefficient (Wildman–Crippen LogP) is 4.23. The highest BCUT2D eigenvalue weighted by Gasteiger charge is 2.43.